The SMILES string of the molecule is NC(=O)c1c(NC(=O)CCN2CCCC2)sc2c1CCCC2. The second kappa shape index (κ2) is 6.79. The number of anilines is 1. The van der Waals surface area contributed by atoms with E-state index in [9.17, 15) is 9.59 Å². The van der Waals surface area contributed by atoms with Gasteiger partial charge in [0.25, 0.3) is 5.91 Å². The molecule has 1 saturated heterocycles. The van der Waals surface area contributed by atoms with Gasteiger partial charge in [-0.15, -0.1) is 11.3 Å². The molecule has 0 aromatic carbocycles. The normalized spacial score (nSPS) is 18.2. The summed E-state index contributed by atoms with van der Waals surface area (Å²) >= 11 is 1.53. The van der Waals surface area contributed by atoms with Crippen LogP contribution in [0.3, 0.4) is 0 Å². The molecule has 22 heavy (non-hydrogen) atoms. The summed E-state index contributed by atoms with van der Waals surface area (Å²) in [6.07, 6.45) is 7.05. The van der Waals surface area contributed by atoms with Gasteiger partial charge >= 0.3 is 0 Å². The predicted molar refractivity (Wildman–Crippen MR) is 88.4 cm³/mol. The Morgan fingerprint density at radius 2 is 1.86 bits per heavy atom. The van der Waals surface area contributed by atoms with E-state index < -0.39 is 5.91 Å². The van der Waals surface area contributed by atoms with E-state index in [2.05, 4.69) is 10.2 Å². The number of amides is 2. The summed E-state index contributed by atoms with van der Waals surface area (Å²) in [5.41, 5.74) is 7.16. The molecule has 0 spiro atoms. The Morgan fingerprint density at radius 1 is 1.14 bits per heavy atom. The lowest BCUT2D eigenvalue weighted by molar-refractivity contribution is -0.116. The van der Waals surface area contributed by atoms with Crippen LogP contribution < -0.4 is 11.1 Å². The highest BCUT2D eigenvalue weighted by Gasteiger charge is 2.25. The fourth-order valence-electron chi connectivity index (χ4n) is 3.37. The molecule has 0 radical (unpaired) electrons. The molecule has 2 amide bonds. The van der Waals surface area contributed by atoms with Crippen molar-refractivity contribution in [2.75, 3.05) is 25.0 Å². The number of nitrogens with two attached hydrogens (primary N) is 1. The molecule has 1 aromatic rings. The molecule has 1 fully saturated rings. The molecule has 2 heterocycles. The summed E-state index contributed by atoms with van der Waals surface area (Å²) in [6.45, 7) is 2.98. The van der Waals surface area contributed by atoms with E-state index >= 15 is 0 Å². The van der Waals surface area contributed by atoms with Crippen LogP contribution in [0.2, 0.25) is 0 Å². The van der Waals surface area contributed by atoms with Gasteiger partial charge < -0.3 is 16.0 Å². The van der Waals surface area contributed by atoms with Crippen molar-refractivity contribution < 1.29 is 9.59 Å². The third-order valence-corrected chi connectivity index (χ3v) is 5.73. The number of nitrogens with zero attached hydrogens (tertiary/aromatic N) is 1. The molecule has 0 bridgehead atoms. The fourth-order valence-corrected chi connectivity index (χ4v) is 4.68. The van der Waals surface area contributed by atoms with Gasteiger partial charge in [-0.1, -0.05) is 0 Å². The van der Waals surface area contributed by atoms with E-state index in [4.69, 9.17) is 5.73 Å². The number of fused-ring (bicyclic) bond motifs is 1. The molecule has 3 N–H and O–H groups in total. The molecule has 0 atom stereocenters. The Labute approximate surface area is 134 Å². The zero-order valence-corrected chi connectivity index (χ0v) is 13.6. The van der Waals surface area contributed by atoms with E-state index in [0.29, 0.717) is 17.0 Å². The van der Waals surface area contributed by atoms with Crippen LogP contribution in [0, 0.1) is 0 Å². The molecule has 2 aliphatic rings. The predicted octanol–water partition coefficient (Wildman–Crippen LogP) is 2.15. The van der Waals surface area contributed by atoms with Gasteiger partial charge in [0, 0.05) is 17.8 Å². The molecule has 6 heteroatoms. The molecule has 3 rings (SSSR count). The van der Waals surface area contributed by atoms with Crippen molar-refractivity contribution in [1.29, 1.82) is 0 Å². The summed E-state index contributed by atoms with van der Waals surface area (Å²) in [4.78, 5) is 27.5. The third-order valence-electron chi connectivity index (χ3n) is 4.52. The van der Waals surface area contributed by atoms with E-state index in [0.717, 1.165) is 50.9 Å². The summed E-state index contributed by atoms with van der Waals surface area (Å²) in [6, 6.07) is 0. The second-order valence-electron chi connectivity index (χ2n) is 6.13. The smallest absolute Gasteiger partial charge is 0.251 e. The summed E-state index contributed by atoms with van der Waals surface area (Å²) in [7, 11) is 0. The van der Waals surface area contributed by atoms with Gasteiger partial charge in [-0.05, 0) is 57.2 Å². The number of primary amides is 1. The number of carbonyl (C=O) groups excluding carboxylic acids is 2. The molecule has 0 unspecified atom stereocenters. The van der Waals surface area contributed by atoms with Gasteiger partial charge in [-0.3, -0.25) is 9.59 Å². The minimum atomic E-state index is -0.422. The van der Waals surface area contributed by atoms with Crippen LogP contribution in [0.4, 0.5) is 5.00 Å². The number of rotatable bonds is 5. The van der Waals surface area contributed by atoms with Gasteiger partial charge in [-0.25, -0.2) is 0 Å². The van der Waals surface area contributed by atoms with Crippen LogP contribution in [-0.2, 0) is 17.6 Å². The third kappa shape index (κ3) is 3.33. The number of thiophene rings is 1. The van der Waals surface area contributed by atoms with Gasteiger partial charge in [0.2, 0.25) is 5.91 Å². The first kappa shape index (κ1) is 15.5. The Hall–Kier alpha value is -1.40. The molecule has 1 aromatic heterocycles. The lowest BCUT2D eigenvalue weighted by Crippen LogP contribution is -2.25. The molecular formula is C16H23N3O2S. The molecule has 1 aliphatic heterocycles. The first-order valence-electron chi connectivity index (χ1n) is 8.11. The number of likely N-dealkylation sites (tertiary alicyclic amines) is 1. The highest BCUT2D eigenvalue weighted by molar-refractivity contribution is 7.17. The van der Waals surface area contributed by atoms with Crippen LogP contribution in [0.25, 0.3) is 0 Å². The lowest BCUT2D eigenvalue weighted by atomic mass is 9.95. The Balaban J connectivity index is 1.67. The molecule has 0 saturated carbocycles. The van der Waals surface area contributed by atoms with Crippen LogP contribution in [0.1, 0.15) is 52.9 Å². The first-order chi connectivity index (χ1) is 10.6. The van der Waals surface area contributed by atoms with Crippen molar-refractivity contribution in [3.63, 3.8) is 0 Å². The molecular weight excluding hydrogens is 298 g/mol. The van der Waals surface area contributed by atoms with Crippen LogP contribution in [-0.4, -0.2) is 36.3 Å². The van der Waals surface area contributed by atoms with Crippen LogP contribution in [0.15, 0.2) is 0 Å². The Morgan fingerprint density at radius 3 is 2.59 bits per heavy atom. The van der Waals surface area contributed by atoms with Gasteiger partial charge in [0.05, 0.1) is 5.56 Å². The Kier molecular flexibility index (Phi) is 4.78. The van der Waals surface area contributed by atoms with Crippen LogP contribution >= 0.6 is 11.3 Å². The topological polar surface area (TPSA) is 75.4 Å². The zero-order chi connectivity index (χ0) is 15.5. The largest absolute Gasteiger partial charge is 0.365 e. The van der Waals surface area contributed by atoms with Crippen LogP contribution in [0.5, 0.6) is 0 Å². The van der Waals surface area contributed by atoms with Crippen molar-refractivity contribution in [3.05, 3.63) is 16.0 Å². The van der Waals surface area contributed by atoms with Crippen molar-refractivity contribution in [2.24, 2.45) is 5.73 Å². The molecule has 120 valence electrons. The van der Waals surface area contributed by atoms with Gasteiger partial charge in [0.15, 0.2) is 0 Å². The second-order valence-corrected chi connectivity index (χ2v) is 7.23. The quantitative estimate of drug-likeness (QED) is 0.872. The number of hydrogen-bond acceptors (Lipinski definition) is 4. The van der Waals surface area contributed by atoms with E-state index in [1.165, 1.54) is 29.1 Å². The maximum atomic E-state index is 12.2. The number of hydrogen-bond donors (Lipinski definition) is 2. The number of nitrogens with one attached hydrogen (secondary N) is 1. The summed E-state index contributed by atoms with van der Waals surface area (Å²) in [5.74, 6) is -0.442. The molecule has 1 aliphatic carbocycles. The minimum absolute atomic E-state index is 0.0204. The number of aryl methyl sites for hydroxylation is 1. The summed E-state index contributed by atoms with van der Waals surface area (Å²) in [5, 5.41) is 3.58. The van der Waals surface area contributed by atoms with Gasteiger partial charge in [0.1, 0.15) is 5.00 Å². The van der Waals surface area contributed by atoms with E-state index in [1.54, 1.807) is 0 Å². The van der Waals surface area contributed by atoms with Crippen molar-refractivity contribution in [2.45, 2.75) is 44.9 Å². The molecule has 5 nitrogen and oxygen atoms in total. The Bertz CT molecular complexity index is 576. The first-order valence-corrected chi connectivity index (χ1v) is 8.93. The average Bonchev–Trinajstić information content (AvgIpc) is 3.11. The minimum Gasteiger partial charge on any atom is -0.365 e. The zero-order valence-electron chi connectivity index (χ0n) is 12.8. The highest BCUT2D eigenvalue weighted by atomic mass is 32.1. The fraction of sp³-hybridized carbons (Fsp3) is 0.625. The van der Waals surface area contributed by atoms with E-state index in [-0.39, 0.29) is 5.91 Å². The maximum absolute atomic E-state index is 12.2. The van der Waals surface area contributed by atoms with Gasteiger partial charge in [-0.2, -0.15) is 0 Å². The monoisotopic (exact) mass is 321 g/mol. The standard InChI is InChI=1S/C16H23N3O2S/c17-15(21)14-11-5-1-2-6-12(11)22-16(14)18-13(20)7-10-19-8-3-4-9-19/h1-10H2,(H2,17,21)(H,18,20). The van der Waals surface area contributed by atoms with Crippen molar-refractivity contribution >= 4 is 28.2 Å². The maximum Gasteiger partial charge on any atom is 0.251 e. The average molecular weight is 321 g/mol. The van der Waals surface area contributed by atoms with E-state index in [1.807, 2.05) is 0 Å². The lowest BCUT2D eigenvalue weighted by Gasteiger charge is -2.14. The van der Waals surface area contributed by atoms with Crippen molar-refractivity contribution in [1.82, 2.24) is 4.90 Å². The highest BCUT2D eigenvalue weighted by Crippen LogP contribution is 2.37. The van der Waals surface area contributed by atoms with Crippen molar-refractivity contribution in [3.8, 4) is 0 Å². The summed E-state index contributed by atoms with van der Waals surface area (Å²) < 4.78 is 0. The number of carbonyl (C=O) groups is 2.